The summed E-state index contributed by atoms with van der Waals surface area (Å²) >= 11 is 0. The zero-order chi connectivity index (χ0) is 17.2. The van der Waals surface area contributed by atoms with Crippen LogP contribution in [-0.4, -0.2) is 22.4 Å². The number of aromatic amines is 1. The van der Waals surface area contributed by atoms with Gasteiger partial charge in [0.1, 0.15) is 5.82 Å². The molecule has 2 aromatic carbocycles. The van der Waals surface area contributed by atoms with Crippen molar-refractivity contribution in [3.05, 3.63) is 66.1 Å². The fraction of sp³-hybridized carbons (Fsp3) is 0.200. The number of nitrogens with two attached hydrogens (primary N) is 1. The van der Waals surface area contributed by atoms with Crippen LogP contribution in [0.15, 0.2) is 54.7 Å². The van der Waals surface area contributed by atoms with E-state index < -0.39 is 5.91 Å². The van der Waals surface area contributed by atoms with Crippen molar-refractivity contribution in [1.82, 2.24) is 15.3 Å². The molecule has 0 spiro atoms. The summed E-state index contributed by atoms with van der Waals surface area (Å²) < 4.78 is 0. The lowest BCUT2D eigenvalue weighted by atomic mass is 10.0. The topological polar surface area (TPSA) is 83.8 Å². The van der Waals surface area contributed by atoms with Crippen LogP contribution in [0, 0.1) is 0 Å². The fourth-order valence-electron chi connectivity index (χ4n) is 3.27. The highest BCUT2D eigenvalue weighted by Gasteiger charge is 2.19. The molecule has 5 nitrogen and oxygen atoms in total. The van der Waals surface area contributed by atoms with E-state index in [1.807, 2.05) is 36.5 Å². The minimum atomic E-state index is -0.413. The Bertz CT molecular complexity index is 892. The number of nitrogens with one attached hydrogen (secondary N) is 2. The number of H-pyrrole nitrogens is 1. The van der Waals surface area contributed by atoms with E-state index in [1.165, 1.54) is 6.42 Å². The molecule has 0 aliphatic carbocycles. The lowest BCUT2D eigenvalue weighted by Crippen LogP contribution is -2.14. The van der Waals surface area contributed by atoms with Crippen molar-refractivity contribution >= 4 is 5.91 Å². The van der Waals surface area contributed by atoms with Gasteiger partial charge in [0, 0.05) is 5.56 Å². The summed E-state index contributed by atoms with van der Waals surface area (Å²) in [5, 5.41) is 3.45. The lowest BCUT2D eigenvalue weighted by molar-refractivity contribution is 0.100. The maximum absolute atomic E-state index is 11.3. The van der Waals surface area contributed by atoms with Crippen molar-refractivity contribution in [2.45, 2.75) is 18.9 Å². The first-order valence-electron chi connectivity index (χ1n) is 8.50. The molecular formula is C20H20N4O. The fourth-order valence-corrected chi connectivity index (χ4v) is 3.27. The molecule has 1 amide bonds. The average molecular weight is 332 g/mol. The first-order valence-corrected chi connectivity index (χ1v) is 8.50. The number of imidazole rings is 1. The summed E-state index contributed by atoms with van der Waals surface area (Å²) in [6.45, 7) is 1.06. The molecule has 4 rings (SSSR count). The van der Waals surface area contributed by atoms with E-state index in [4.69, 9.17) is 5.73 Å². The predicted octanol–water partition coefficient (Wildman–Crippen LogP) is 3.27. The molecule has 1 saturated heterocycles. The van der Waals surface area contributed by atoms with Crippen LogP contribution in [0.2, 0.25) is 0 Å². The van der Waals surface area contributed by atoms with Crippen molar-refractivity contribution in [1.29, 1.82) is 0 Å². The second kappa shape index (κ2) is 6.53. The van der Waals surface area contributed by atoms with Gasteiger partial charge in [0.15, 0.2) is 0 Å². The summed E-state index contributed by atoms with van der Waals surface area (Å²) in [6, 6.07) is 15.9. The maximum atomic E-state index is 11.3. The number of amides is 1. The number of hydrogen-bond acceptors (Lipinski definition) is 3. The summed E-state index contributed by atoms with van der Waals surface area (Å²) in [7, 11) is 0. The van der Waals surface area contributed by atoms with Gasteiger partial charge in [-0.25, -0.2) is 4.98 Å². The molecule has 1 aromatic heterocycles. The third-order valence-corrected chi connectivity index (χ3v) is 4.66. The Kier molecular flexibility index (Phi) is 4.07. The first kappa shape index (κ1) is 15.6. The van der Waals surface area contributed by atoms with Crippen LogP contribution in [0.1, 0.15) is 35.1 Å². The summed E-state index contributed by atoms with van der Waals surface area (Å²) in [4.78, 5) is 19.3. The highest BCUT2D eigenvalue weighted by atomic mass is 16.1. The predicted molar refractivity (Wildman–Crippen MR) is 98.0 cm³/mol. The summed E-state index contributed by atoms with van der Waals surface area (Å²) in [5.74, 6) is 0.592. The number of hydrogen-bond donors (Lipinski definition) is 3. The Balaban J connectivity index is 1.58. The van der Waals surface area contributed by atoms with Crippen molar-refractivity contribution in [3.63, 3.8) is 0 Å². The molecule has 4 N–H and O–H groups in total. The van der Waals surface area contributed by atoms with Gasteiger partial charge in [-0.1, -0.05) is 36.4 Å². The van der Waals surface area contributed by atoms with Crippen LogP contribution in [0.3, 0.4) is 0 Å². The molecule has 2 heterocycles. The monoisotopic (exact) mass is 332 g/mol. The van der Waals surface area contributed by atoms with Crippen molar-refractivity contribution in [2.75, 3.05) is 6.54 Å². The molecule has 1 unspecified atom stereocenters. The molecule has 126 valence electrons. The van der Waals surface area contributed by atoms with E-state index in [1.54, 1.807) is 6.07 Å². The van der Waals surface area contributed by atoms with Crippen molar-refractivity contribution in [2.24, 2.45) is 5.73 Å². The number of benzene rings is 2. The summed E-state index contributed by atoms with van der Waals surface area (Å²) in [6.07, 6.45) is 4.21. The number of carbonyl (C=O) groups is 1. The van der Waals surface area contributed by atoms with Crippen molar-refractivity contribution in [3.8, 4) is 22.4 Å². The minimum absolute atomic E-state index is 0.338. The van der Waals surface area contributed by atoms with Gasteiger partial charge in [-0.2, -0.15) is 0 Å². The van der Waals surface area contributed by atoms with Crippen LogP contribution in [-0.2, 0) is 0 Å². The van der Waals surface area contributed by atoms with Gasteiger partial charge in [-0.15, -0.1) is 0 Å². The summed E-state index contributed by atoms with van der Waals surface area (Å²) in [5.41, 5.74) is 10.0. The quantitative estimate of drug-likeness (QED) is 0.685. The number of rotatable bonds is 4. The van der Waals surface area contributed by atoms with Gasteiger partial charge in [0.2, 0.25) is 5.91 Å². The Morgan fingerprint density at radius 2 is 1.88 bits per heavy atom. The van der Waals surface area contributed by atoms with E-state index in [-0.39, 0.29) is 0 Å². The average Bonchev–Trinajstić information content (AvgIpc) is 3.33. The Morgan fingerprint density at radius 3 is 2.60 bits per heavy atom. The molecule has 0 radical (unpaired) electrons. The zero-order valence-corrected chi connectivity index (χ0v) is 13.8. The number of carbonyl (C=O) groups excluding carboxylic acids is 1. The highest BCUT2D eigenvalue weighted by Crippen LogP contribution is 2.27. The van der Waals surface area contributed by atoms with E-state index in [2.05, 4.69) is 27.4 Å². The Labute approximate surface area is 146 Å². The minimum Gasteiger partial charge on any atom is -0.366 e. The number of primary amides is 1. The molecule has 5 heteroatoms. The van der Waals surface area contributed by atoms with Crippen LogP contribution < -0.4 is 11.1 Å². The van der Waals surface area contributed by atoms with Gasteiger partial charge in [-0.3, -0.25) is 4.79 Å². The number of nitrogens with zero attached hydrogens (tertiary/aromatic N) is 1. The number of aromatic nitrogens is 2. The zero-order valence-electron chi connectivity index (χ0n) is 13.8. The molecule has 1 aliphatic heterocycles. The second-order valence-electron chi connectivity index (χ2n) is 6.35. The SMILES string of the molecule is NC(=O)c1cccc(-c2ccc(-c3cnc(C4CCCN4)[nH]3)cc2)c1. The lowest BCUT2D eigenvalue weighted by Gasteiger charge is -2.06. The largest absolute Gasteiger partial charge is 0.366 e. The second-order valence-corrected chi connectivity index (χ2v) is 6.35. The first-order chi connectivity index (χ1) is 12.2. The smallest absolute Gasteiger partial charge is 0.248 e. The molecule has 25 heavy (non-hydrogen) atoms. The van der Waals surface area contributed by atoms with Gasteiger partial charge >= 0.3 is 0 Å². The normalized spacial score (nSPS) is 16.9. The van der Waals surface area contributed by atoms with Crippen molar-refractivity contribution < 1.29 is 4.79 Å². The van der Waals surface area contributed by atoms with E-state index in [9.17, 15) is 4.79 Å². The Hall–Kier alpha value is -2.92. The highest BCUT2D eigenvalue weighted by molar-refractivity contribution is 5.94. The van der Waals surface area contributed by atoms with Crippen LogP contribution in [0.4, 0.5) is 0 Å². The standard InChI is InChI=1S/C20H20N4O/c21-19(25)16-4-1-3-15(11-16)13-6-8-14(9-7-13)18-12-23-20(24-18)17-5-2-10-22-17/h1,3-4,6-9,11-12,17,22H,2,5,10H2,(H2,21,25)(H,23,24). The molecule has 3 aromatic rings. The van der Waals surface area contributed by atoms with Crippen LogP contribution in [0.5, 0.6) is 0 Å². The van der Waals surface area contributed by atoms with E-state index >= 15 is 0 Å². The third kappa shape index (κ3) is 3.19. The maximum Gasteiger partial charge on any atom is 0.248 e. The molecule has 1 aliphatic rings. The molecule has 0 saturated carbocycles. The van der Waals surface area contributed by atoms with Crippen LogP contribution >= 0.6 is 0 Å². The van der Waals surface area contributed by atoms with Gasteiger partial charge in [0.25, 0.3) is 0 Å². The molecular weight excluding hydrogens is 312 g/mol. The van der Waals surface area contributed by atoms with Crippen LogP contribution in [0.25, 0.3) is 22.4 Å². The molecule has 0 bridgehead atoms. The Morgan fingerprint density at radius 1 is 1.08 bits per heavy atom. The van der Waals surface area contributed by atoms with E-state index in [0.29, 0.717) is 11.6 Å². The van der Waals surface area contributed by atoms with E-state index in [0.717, 1.165) is 41.2 Å². The molecule has 1 atom stereocenters. The van der Waals surface area contributed by atoms with Gasteiger partial charge in [-0.05, 0) is 48.2 Å². The molecule has 1 fully saturated rings. The van der Waals surface area contributed by atoms with Gasteiger partial charge < -0.3 is 16.0 Å². The van der Waals surface area contributed by atoms with Gasteiger partial charge in [0.05, 0.1) is 17.9 Å². The third-order valence-electron chi connectivity index (χ3n) is 4.66.